The number of pyridine rings is 1. The molecule has 2 aromatic rings. The maximum absolute atomic E-state index is 11.3. The van der Waals surface area contributed by atoms with E-state index < -0.39 is 0 Å². The third-order valence-electron chi connectivity index (χ3n) is 4.59. The van der Waals surface area contributed by atoms with Gasteiger partial charge < -0.3 is 4.74 Å². The molecular formula is C20H24N2O2. The van der Waals surface area contributed by atoms with Gasteiger partial charge >= 0.3 is 0 Å². The van der Waals surface area contributed by atoms with Crippen LogP contribution in [0.25, 0.3) is 0 Å². The molecule has 0 aliphatic carbocycles. The molecule has 1 fully saturated rings. The van der Waals surface area contributed by atoms with Crippen LogP contribution in [-0.2, 0) is 0 Å². The van der Waals surface area contributed by atoms with Crippen molar-refractivity contribution in [1.29, 1.82) is 0 Å². The Kier molecular flexibility index (Phi) is 5.59. The summed E-state index contributed by atoms with van der Waals surface area (Å²) >= 11 is 0. The van der Waals surface area contributed by atoms with Crippen LogP contribution in [0, 0.1) is 0 Å². The van der Waals surface area contributed by atoms with E-state index in [1.165, 1.54) is 24.8 Å². The molecule has 3 rings (SSSR count). The highest BCUT2D eigenvalue weighted by atomic mass is 16.5. The zero-order valence-electron chi connectivity index (χ0n) is 14.1. The molecule has 1 aliphatic heterocycles. The summed E-state index contributed by atoms with van der Waals surface area (Å²) in [4.78, 5) is 18.0. The fraction of sp³-hybridized carbons (Fsp3) is 0.400. The highest BCUT2D eigenvalue weighted by Crippen LogP contribution is 2.30. The number of aromatic nitrogens is 1. The quantitative estimate of drug-likeness (QED) is 0.756. The first kappa shape index (κ1) is 16.7. The number of ketones is 1. The smallest absolute Gasteiger partial charge is 0.159 e. The highest BCUT2D eigenvalue weighted by Gasteiger charge is 2.23. The lowest BCUT2D eigenvalue weighted by molar-refractivity contribution is 0.101. The SMILES string of the molecule is CC(=O)c1ccc(OCCN2CCCCC2c2cccnc2)cc1. The van der Waals surface area contributed by atoms with Crippen LogP contribution in [0.1, 0.15) is 48.1 Å². The van der Waals surface area contributed by atoms with Crippen molar-refractivity contribution in [2.45, 2.75) is 32.2 Å². The topological polar surface area (TPSA) is 42.4 Å². The number of hydrogen-bond donors (Lipinski definition) is 0. The van der Waals surface area contributed by atoms with Crippen LogP contribution in [-0.4, -0.2) is 35.4 Å². The van der Waals surface area contributed by atoms with E-state index in [9.17, 15) is 4.79 Å². The van der Waals surface area contributed by atoms with Crippen molar-refractivity contribution in [1.82, 2.24) is 9.88 Å². The minimum absolute atomic E-state index is 0.0779. The molecule has 1 aromatic carbocycles. The van der Waals surface area contributed by atoms with Gasteiger partial charge in [-0.3, -0.25) is 14.7 Å². The molecule has 0 amide bonds. The summed E-state index contributed by atoms with van der Waals surface area (Å²) in [6, 6.07) is 12.0. The van der Waals surface area contributed by atoms with Gasteiger partial charge in [-0.1, -0.05) is 12.5 Å². The summed E-state index contributed by atoms with van der Waals surface area (Å²) in [5, 5.41) is 0. The molecule has 0 bridgehead atoms. The summed E-state index contributed by atoms with van der Waals surface area (Å²) < 4.78 is 5.86. The van der Waals surface area contributed by atoms with E-state index in [-0.39, 0.29) is 5.78 Å². The predicted octanol–water partition coefficient (Wildman–Crippen LogP) is 3.89. The van der Waals surface area contributed by atoms with E-state index in [2.05, 4.69) is 16.0 Å². The second-order valence-electron chi connectivity index (χ2n) is 6.26. The Hall–Kier alpha value is -2.20. The van der Waals surface area contributed by atoms with Crippen LogP contribution in [0.15, 0.2) is 48.8 Å². The summed E-state index contributed by atoms with van der Waals surface area (Å²) in [7, 11) is 0. The van der Waals surface area contributed by atoms with Gasteiger partial charge in [-0.25, -0.2) is 0 Å². The predicted molar refractivity (Wildman–Crippen MR) is 94.3 cm³/mol. The Labute approximate surface area is 143 Å². The zero-order valence-corrected chi connectivity index (χ0v) is 14.1. The van der Waals surface area contributed by atoms with Crippen LogP contribution in [0.4, 0.5) is 0 Å². The number of Topliss-reactive ketones (excluding diaryl/α,β-unsaturated/α-hetero) is 1. The molecule has 1 saturated heterocycles. The van der Waals surface area contributed by atoms with Crippen molar-refractivity contribution in [2.75, 3.05) is 19.7 Å². The number of hydrogen-bond acceptors (Lipinski definition) is 4. The van der Waals surface area contributed by atoms with E-state index in [0.717, 1.165) is 24.4 Å². The number of piperidine rings is 1. The van der Waals surface area contributed by atoms with E-state index in [1.54, 1.807) is 6.92 Å². The van der Waals surface area contributed by atoms with Gasteiger partial charge in [0.15, 0.2) is 5.78 Å². The van der Waals surface area contributed by atoms with Gasteiger partial charge in [0.25, 0.3) is 0 Å². The van der Waals surface area contributed by atoms with Crippen molar-refractivity contribution in [3.05, 3.63) is 59.9 Å². The van der Waals surface area contributed by atoms with Crippen LogP contribution in [0.5, 0.6) is 5.75 Å². The summed E-state index contributed by atoms with van der Waals surface area (Å²) in [6.07, 6.45) is 7.49. The van der Waals surface area contributed by atoms with Crippen LogP contribution < -0.4 is 4.74 Å². The summed E-state index contributed by atoms with van der Waals surface area (Å²) in [6.45, 7) is 4.22. The summed E-state index contributed by atoms with van der Waals surface area (Å²) in [5.74, 6) is 0.893. The van der Waals surface area contributed by atoms with Crippen LogP contribution in [0.3, 0.4) is 0 Å². The van der Waals surface area contributed by atoms with Crippen LogP contribution >= 0.6 is 0 Å². The molecule has 1 aromatic heterocycles. The fourth-order valence-electron chi connectivity index (χ4n) is 3.28. The van der Waals surface area contributed by atoms with Gasteiger partial charge in [-0.05, 0) is 62.2 Å². The molecule has 0 radical (unpaired) electrons. The van der Waals surface area contributed by atoms with Gasteiger partial charge in [-0.2, -0.15) is 0 Å². The third kappa shape index (κ3) is 4.20. The highest BCUT2D eigenvalue weighted by molar-refractivity contribution is 5.94. The molecule has 1 atom stereocenters. The second kappa shape index (κ2) is 8.06. The average Bonchev–Trinajstić information content (AvgIpc) is 2.63. The van der Waals surface area contributed by atoms with E-state index in [1.807, 2.05) is 42.7 Å². The molecule has 0 N–H and O–H groups in total. The third-order valence-corrected chi connectivity index (χ3v) is 4.59. The van der Waals surface area contributed by atoms with E-state index in [4.69, 9.17) is 4.74 Å². The number of rotatable bonds is 6. The molecule has 2 heterocycles. The first-order valence-corrected chi connectivity index (χ1v) is 8.62. The lowest BCUT2D eigenvalue weighted by Gasteiger charge is -2.35. The molecule has 4 nitrogen and oxygen atoms in total. The fourth-order valence-corrected chi connectivity index (χ4v) is 3.28. The lowest BCUT2D eigenvalue weighted by atomic mass is 9.96. The van der Waals surface area contributed by atoms with Gasteiger partial charge in [0, 0.05) is 30.5 Å². The Morgan fingerprint density at radius 3 is 2.79 bits per heavy atom. The molecule has 1 aliphatic rings. The molecule has 0 spiro atoms. The van der Waals surface area contributed by atoms with Crippen molar-refractivity contribution < 1.29 is 9.53 Å². The number of benzene rings is 1. The molecular weight excluding hydrogens is 300 g/mol. The number of ether oxygens (including phenoxy) is 1. The monoisotopic (exact) mass is 324 g/mol. The van der Waals surface area contributed by atoms with E-state index in [0.29, 0.717) is 12.6 Å². The Morgan fingerprint density at radius 2 is 2.08 bits per heavy atom. The molecule has 4 heteroatoms. The van der Waals surface area contributed by atoms with Gasteiger partial charge in [0.1, 0.15) is 12.4 Å². The molecule has 126 valence electrons. The Morgan fingerprint density at radius 1 is 1.25 bits per heavy atom. The largest absolute Gasteiger partial charge is 0.492 e. The van der Waals surface area contributed by atoms with Crippen molar-refractivity contribution in [3.63, 3.8) is 0 Å². The first-order chi connectivity index (χ1) is 11.7. The summed E-state index contributed by atoms with van der Waals surface area (Å²) in [5.41, 5.74) is 2.01. The number of carbonyl (C=O) groups excluding carboxylic acids is 1. The normalized spacial score (nSPS) is 18.3. The molecule has 0 saturated carbocycles. The maximum Gasteiger partial charge on any atom is 0.159 e. The van der Waals surface area contributed by atoms with Crippen molar-refractivity contribution in [3.8, 4) is 5.75 Å². The van der Waals surface area contributed by atoms with Crippen LogP contribution in [0.2, 0.25) is 0 Å². The standard InChI is InChI=1S/C20H24N2O2/c1-16(23)17-7-9-19(10-8-17)24-14-13-22-12-3-2-6-20(22)18-5-4-11-21-15-18/h4-5,7-11,15,20H,2-3,6,12-14H2,1H3. The van der Waals surface area contributed by atoms with Crippen molar-refractivity contribution >= 4 is 5.78 Å². The Balaban J connectivity index is 1.55. The lowest BCUT2D eigenvalue weighted by Crippen LogP contribution is -2.36. The number of likely N-dealkylation sites (tertiary alicyclic amines) is 1. The molecule has 24 heavy (non-hydrogen) atoms. The second-order valence-corrected chi connectivity index (χ2v) is 6.26. The zero-order chi connectivity index (χ0) is 16.8. The average molecular weight is 324 g/mol. The number of carbonyl (C=O) groups is 1. The number of nitrogens with zero attached hydrogens (tertiary/aromatic N) is 2. The minimum atomic E-state index is 0.0779. The maximum atomic E-state index is 11.3. The first-order valence-electron chi connectivity index (χ1n) is 8.62. The Bertz CT molecular complexity index is 655. The molecule has 1 unspecified atom stereocenters. The van der Waals surface area contributed by atoms with Gasteiger partial charge in [0.2, 0.25) is 0 Å². The minimum Gasteiger partial charge on any atom is -0.492 e. The van der Waals surface area contributed by atoms with Gasteiger partial charge in [-0.15, -0.1) is 0 Å². The van der Waals surface area contributed by atoms with Gasteiger partial charge in [0.05, 0.1) is 0 Å². The van der Waals surface area contributed by atoms with E-state index >= 15 is 0 Å². The van der Waals surface area contributed by atoms with Crippen molar-refractivity contribution in [2.24, 2.45) is 0 Å².